The summed E-state index contributed by atoms with van der Waals surface area (Å²) in [6.07, 6.45) is 2.41. The van der Waals surface area contributed by atoms with Crippen molar-refractivity contribution < 1.29 is 4.74 Å². The molecule has 1 rings (SSSR count). The third kappa shape index (κ3) is 4.52. The quantitative estimate of drug-likeness (QED) is 0.708. The zero-order chi connectivity index (χ0) is 13.5. The molecule has 3 atom stereocenters. The van der Waals surface area contributed by atoms with Gasteiger partial charge in [-0.3, -0.25) is 4.90 Å². The van der Waals surface area contributed by atoms with Crippen molar-refractivity contribution in [3.05, 3.63) is 0 Å². The van der Waals surface area contributed by atoms with Crippen molar-refractivity contribution in [3.63, 3.8) is 0 Å². The lowest BCUT2D eigenvalue weighted by Gasteiger charge is -2.44. The van der Waals surface area contributed by atoms with Gasteiger partial charge in [-0.15, -0.1) is 0 Å². The summed E-state index contributed by atoms with van der Waals surface area (Å²) in [6.45, 7) is 13.7. The predicted molar refractivity (Wildman–Crippen MR) is 77.9 cm³/mol. The summed E-state index contributed by atoms with van der Waals surface area (Å²) in [7, 11) is 1.79. The van der Waals surface area contributed by atoms with E-state index in [0.717, 1.165) is 31.4 Å². The molecule has 0 aromatic carbocycles. The Morgan fingerprint density at radius 2 is 2.06 bits per heavy atom. The largest absolute Gasteiger partial charge is 0.385 e. The summed E-state index contributed by atoms with van der Waals surface area (Å²) in [4.78, 5) is 2.68. The third-order valence-electron chi connectivity index (χ3n) is 4.38. The minimum Gasteiger partial charge on any atom is -0.385 e. The molecule has 1 fully saturated rings. The van der Waals surface area contributed by atoms with Gasteiger partial charge in [0.2, 0.25) is 0 Å². The lowest BCUT2D eigenvalue weighted by Crippen LogP contribution is -2.60. The van der Waals surface area contributed by atoms with E-state index in [9.17, 15) is 0 Å². The Labute approximate surface area is 113 Å². The lowest BCUT2D eigenvalue weighted by atomic mass is 9.92. The fraction of sp³-hybridized carbons (Fsp3) is 1.00. The van der Waals surface area contributed by atoms with Crippen molar-refractivity contribution in [3.8, 4) is 0 Å². The Hall–Kier alpha value is -0.120. The van der Waals surface area contributed by atoms with Crippen LogP contribution in [0, 0.1) is 11.8 Å². The number of hydrogen-bond donors (Lipinski definition) is 1. The Kier molecular flexibility index (Phi) is 7.20. The van der Waals surface area contributed by atoms with Gasteiger partial charge >= 0.3 is 0 Å². The zero-order valence-corrected chi connectivity index (χ0v) is 12.9. The molecule has 0 spiro atoms. The molecule has 1 aliphatic rings. The summed E-state index contributed by atoms with van der Waals surface area (Å²) in [6, 6.07) is 1.34. The Morgan fingerprint density at radius 3 is 2.61 bits per heavy atom. The van der Waals surface area contributed by atoms with Gasteiger partial charge in [-0.05, 0) is 18.3 Å². The Balaban J connectivity index is 2.52. The van der Waals surface area contributed by atoms with E-state index in [-0.39, 0.29) is 0 Å². The van der Waals surface area contributed by atoms with Gasteiger partial charge in [0.05, 0.1) is 0 Å². The smallest absolute Gasteiger partial charge is 0.0474 e. The standard InChI is InChI=1S/C15H32N2O/c1-6-13(4)14-11-17(8-7-9-18-5)15(10-16-14)12(2)3/h12-16H,6-11H2,1-5H3. The molecule has 108 valence electrons. The maximum atomic E-state index is 5.18. The fourth-order valence-electron chi connectivity index (χ4n) is 2.85. The summed E-state index contributed by atoms with van der Waals surface area (Å²) in [5, 5.41) is 3.75. The molecule has 1 heterocycles. The van der Waals surface area contributed by atoms with Crippen molar-refractivity contribution in [2.75, 3.05) is 33.4 Å². The van der Waals surface area contributed by atoms with Crippen LogP contribution in [0.25, 0.3) is 0 Å². The molecule has 0 bridgehead atoms. The molecular weight excluding hydrogens is 224 g/mol. The minimum absolute atomic E-state index is 0.660. The number of rotatable bonds is 7. The van der Waals surface area contributed by atoms with Gasteiger partial charge in [-0.2, -0.15) is 0 Å². The van der Waals surface area contributed by atoms with E-state index in [1.165, 1.54) is 19.5 Å². The van der Waals surface area contributed by atoms with E-state index in [2.05, 4.69) is 37.9 Å². The Morgan fingerprint density at radius 1 is 1.33 bits per heavy atom. The lowest BCUT2D eigenvalue weighted by molar-refractivity contribution is 0.0716. The number of nitrogens with one attached hydrogen (secondary N) is 1. The third-order valence-corrected chi connectivity index (χ3v) is 4.38. The number of ether oxygens (including phenoxy) is 1. The Bertz CT molecular complexity index is 221. The highest BCUT2D eigenvalue weighted by atomic mass is 16.5. The molecule has 0 amide bonds. The van der Waals surface area contributed by atoms with Crippen molar-refractivity contribution >= 4 is 0 Å². The summed E-state index contributed by atoms with van der Waals surface area (Å²) in [5.41, 5.74) is 0. The maximum absolute atomic E-state index is 5.18. The average molecular weight is 256 g/mol. The van der Waals surface area contributed by atoms with Gasteiger partial charge in [0.1, 0.15) is 0 Å². The van der Waals surface area contributed by atoms with E-state index >= 15 is 0 Å². The normalized spacial score (nSPS) is 27.7. The summed E-state index contributed by atoms with van der Waals surface area (Å²) < 4.78 is 5.18. The second-order valence-corrected chi connectivity index (χ2v) is 6.05. The molecule has 0 aliphatic carbocycles. The van der Waals surface area contributed by atoms with Crippen LogP contribution in [0.2, 0.25) is 0 Å². The van der Waals surface area contributed by atoms with Crippen molar-refractivity contribution in [1.82, 2.24) is 10.2 Å². The SMILES string of the molecule is CCC(C)C1CN(CCCOC)C(C(C)C)CN1. The molecular formula is C15H32N2O. The molecule has 0 radical (unpaired) electrons. The first-order valence-corrected chi connectivity index (χ1v) is 7.56. The predicted octanol–water partition coefficient (Wildman–Crippen LogP) is 2.37. The van der Waals surface area contributed by atoms with E-state index in [0.29, 0.717) is 12.1 Å². The first kappa shape index (κ1) is 15.9. The molecule has 3 unspecified atom stereocenters. The van der Waals surface area contributed by atoms with Crippen LogP contribution < -0.4 is 5.32 Å². The zero-order valence-electron chi connectivity index (χ0n) is 12.9. The fourth-order valence-corrected chi connectivity index (χ4v) is 2.85. The van der Waals surface area contributed by atoms with E-state index < -0.39 is 0 Å². The van der Waals surface area contributed by atoms with Gasteiger partial charge in [0.25, 0.3) is 0 Å². The highest BCUT2D eigenvalue weighted by molar-refractivity contribution is 4.89. The van der Waals surface area contributed by atoms with Crippen molar-refractivity contribution in [1.29, 1.82) is 0 Å². The van der Waals surface area contributed by atoms with E-state index in [4.69, 9.17) is 4.74 Å². The molecule has 0 saturated carbocycles. The second-order valence-electron chi connectivity index (χ2n) is 6.05. The molecule has 3 heteroatoms. The summed E-state index contributed by atoms with van der Waals surface area (Å²) >= 11 is 0. The molecule has 0 aromatic rings. The number of piperazine rings is 1. The molecule has 1 N–H and O–H groups in total. The van der Waals surface area contributed by atoms with Gasteiger partial charge in [-0.1, -0.05) is 34.1 Å². The molecule has 0 aromatic heterocycles. The van der Waals surface area contributed by atoms with Crippen LogP contribution in [0.4, 0.5) is 0 Å². The summed E-state index contributed by atoms with van der Waals surface area (Å²) in [5.74, 6) is 1.49. The van der Waals surface area contributed by atoms with E-state index in [1.54, 1.807) is 7.11 Å². The molecule has 1 aliphatic heterocycles. The average Bonchev–Trinajstić information content (AvgIpc) is 2.37. The van der Waals surface area contributed by atoms with Crippen LogP contribution in [0.1, 0.15) is 40.5 Å². The first-order chi connectivity index (χ1) is 8.60. The van der Waals surface area contributed by atoms with Gasteiger partial charge in [0, 0.05) is 45.4 Å². The topological polar surface area (TPSA) is 24.5 Å². The molecule has 1 saturated heterocycles. The van der Waals surface area contributed by atoms with Crippen LogP contribution in [-0.4, -0.2) is 50.3 Å². The monoisotopic (exact) mass is 256 g/mol. The number of hydrogen-bond acceptors (Lipinski definition) is 3. The first-order valence-electron chi connectivity index (χ1n) is 7.56. The van der Waals surface area contributed by atoms with Crippen molar-refractivity contribution in [2.24, 2.45) is 11.8 Å². The van der Waals surface area contributed by atoms with Crippen LogP contribution in [0.15, 0.2) is 0 Å². The number of methoxy groups -OCH3 is 1. The minimum atomic E-state index is 0.660. The maximum Gasteiger partial charge on any atom is 0.0474 e. The highest BCUT2D eigenvalue weighted by Gasteiger charge is 2.31. The van der Waals surface area contributed by atoms with Gasteiger partial charge in [0.15, 0.2) is 0 Å². The highest BCUT2D eigenvalue weighted by Crippen LogP contribution is 2.20. The van der Waals surface area contributed by atoms with Crippen molar-refractivity contribution in [2.45, 2.75) is 52.6 Å². The second kappa shape index (κ2) is 8.13. The van der Waals surface area contributed by atoms with Crippen LogP contribution in [-0.2, 0) is 4.74 Å². The van der Waals surface area contributed by atoms with Gasteiger partial charge < -0.3 is 10.1 Å². The van der Waals surface area contributed by atoms with E-state index in [1.807, 2.05) is 0 Å². The molecule has 3 nitrogen and oxygen atoms in total. The van der Waals surface area contributed by atoms with Crippen LogP contribution in [0.3, 0.4) is 0 Å². The van der Waals surface area contributed by atoms with Gasteiger partial charge in [-0.25, -0.2) is 0 Å². The number of nitrogens with zero attached hydrogens (tertiary/aromatic N) is 1. The van der Waals surface area contributed by atoms with Crippen LogP contribution >= 0.6 is 0 Å². The molecule has 18 heavy (non-hydrogen) atoms. The van der Waals surface area contributed by atoms with Crippen LogP contribution in [0.5, 0.6) is 0 Å².